The van der Waals surface area contributed by atoms with Gasteiger partial charge in [-0.15, -0.1) is 0 Å². The van der Waals surface area contributed by atoms with Crippen LogP contribution in [0.25, 0.3) is 23.0 Å². The van der Waals surface area contributed by atoms with Crippen molar-refractivity contribution in [2.45, 2.75) is 52.9 Å². The second-order valence-electron chi connectivity index (χ2n) is 9.70. The monoisotopic (exact) mass is 556 g/mol. The largest absolute Gasteiger partial charge is 0.492 e. The molecule has 7 nitrogen and oxygen atoms in total. The summed E-state index contributed by atoms with van der Waals surface area (Å²) in [5, 5.41) is 15.1. The molecule has 8 heteroatoms. The van der Waals surface area contributed by atoms with Crippen LogP contribution in [0.4, 0.5) is 0 Å². The Morgan fingerprint density at radius 1 is 1.02 bits per heavy atom. The Morgan fingerprint density at radius 3 is 2.48 bits per heavy atom. The van der Waals surface area contributed by atoms with Crippen LogP contribution in [0.15, 0.2) is 71.4 Å². The van der Waals surface area contributed by atoms with Crippen molar-refractivity contribution in [1.82, 2.24) is 14.7 Å². The zero-order valence-corrected chi connectivity index (χ0v) is 23.9. The van der Waals surface area contributed by atoms with Crippen LogP contribution >= 0.6 is 11.6 Å². The average molecular weight is 557 g/mol. The molecular weight excluding hydrogens is 524 g/mol. The third-order valence-corrected chi connectivity index (χ3v) is 7.09. The highest BCUT2D eigenvalue weighted by molar-refractivity contribution is 6.32. The van der Waals surface area contributed by atoms with Crippen LogP contribution < -0.4 is 4.74 Å². The quantitative estimate of drug-likeness (QED) is 0.142. The van der Waals surface area contributed by atoms with E-state index in [1.54, 1.807) is 23.7 Å². The number of carbonyl (C=O) groups is 2. The molecular formula is C32H33ClN4O3. The zero-order valence-electron chi connectivity index (χ0n) is 23.1. The minimum atomic E-state index is -0.534. The molecule has 0 radical (unpaired) electrons. The van der Waals surface area contributed by atoms with Crippen molar-refractivity contribution in [3.8, 4) is 28.8 Å². The number of nitrogens with zero attached hydrogens (tertiary/aromatic N) is 4. The van der Waals surface area contributed by atoms with E-state index in [4.69, 9.17) is 21.4 Å². The number of benzene rings is 2. The van der Waals surface area contributed by atoms with Crippen molar-refractivity contribution in [2.75, 3.05) is 13.2 Å². The predicted molar refractivity (Wildman–Crippen MR) is 157 cm³/mol. The first-order valence-corrected chi connectivity index (χ1v) is 14.0. The molecule has 2 aromatic carbocycles. The number of para-hydroxylation sites is 1. The summed E-state index contributed by atoms with van der Waals surface area (Å²) in [6, 6.07) is 17.1. The highest BCUT2D eigenvalue weighted by atomic mass is 35.5. The van der Waals surface area contributed by atoms with E-state index < -0.39 is 11.8 Å². The summed E-state index contributed by atoms with van der Waals surface area (Å²) >= 11 is 6.56. The zero-order chi connectivity index (χ0) is 28.6. The minimum absolute atomic E-state index is 0.0150. The molecule has 0 atom stereocenters. The Balaban J connectivity index is 1.82. The highest BCUT2D eigenvalue weighted by Crippen LogP contribution is 2.34. The molecule has 206 valence electrons. The molecule has 2 heterocycles. The van der Waals surface area contributed by atoms with Gasteiger partial charge in [-0.05, 0) is 61.7 Å². The van der Waals surface area contributed by atoms with Gasteiger partial charge in [0, 0.05) is 29.4 Å². The Kier molecular flexibility index (Phi) is 9.57. The summed E-state index contributed by atoms with van der Waals surface area (Å²) in [5.41, 5.74) is 3.49. The molecule has 0 N–H and O–H groups in total. The van der Waals surface area contributed by atoms with Gasteiger partial charge in [0.1, 0.15) is 23.1 Å². The lowest BCUT2D eigenvalue weighted by atomic mass is 9.93. The number of rotatable bonds is 11. The number of aromatic nitrogens is 2. The van der Waals surface area contributed by atoms with E-state index in [9.17, 15) is 14.9 Å². The van der Waals surface area contributed by atoms with Gasteiger partial charge in [0.25, 0.3) is 11.8 Å². The first-order chi connectivity index (χ1) is 19.4. The van der Waals surface area contributed by atoms with Crippen LogP contribution in [0.5, 0.6) is 5.75 Å². The molecule has 0 spiro atoms. The molecule has 2 amide bonds. The second kappa shape index (κ2) is 13.3. The van der Waals surface area contributed by atoms with Gasteiger partial charge in [-0.25, -0.2) is 4.68 Å². The van der Waals surface area contributed by atoms with Crippen molar-refractivity contribution in [3.05, 3.63) is 82.0 Å². The number of nitriles is 1. The van der Waals surface area contributed by atoms with Gasteiger partial charge in [-0.1, -0.05) is 62.9 Å². The van der Waals surface area contributed by atoms with Crippen molar-refractivity contribution in [3.63, 3.8) is 0 Å². The van der Waals surface area contributed by atoms with Crippen LogP contribution in [-0.4, -0.2) is 39.6 Å². The lowest BCUT2D eigenvalue weighted by molar-refractivity contribution is -0.140. The van der Waals surface area contributed by atoms with Gasteiger partial charge < -0.3 is 4.74 Å². The van der Waals surface area contributed by atoms with Gasteiger partial charge in [0.2, 0.25) is 0 Å². The third kappa shape index (κ3) is 6.19. The molecule has 4 rings (SSSR count). The van der Waals surface area contributed by atoms with Gasteiger partial charge in [0.05, 0.1) is 17.3 Å². The Hall–Kier alpha value is -4.15. The minimum Gasteiger partial charge on any atom is -0.492 e. The van der Waals surface area contributed by atoms with E-state index >= 15 is 0 Å². The molecule has 0 saturated carbocycles. The number of imide groups is 1. The average Bonchev–Trinajstić information content (AvgIpc) is 3.39. The SMILES string of the molecule is CCCCCCN1C(=O)C(C#N)=C(C)/C(=C\c2cn(-c3ccccc3)nc2-c2ccc(OCCC)c(Cl)c2)C1=O. The van der Waals surface area contributed by atoms with Gasteiger partial charge in [-0.2, -0.15) is 10.4 Å². The maximum atomic E-state index is 13.6. The van der Waals surface area contributed by atoms with Crippen molar-refractivity contribution < 1.29 is 14.3 Å². The number of unbranched alkanes of at least 4 members (excludes halogenated alkanes) is 3. The summed E-state index contributed by atoms with van der Waals surface area (Å²) in [5.74, 6) is -0.349. The fraction of sp³-hybridized carbons (Fsp3) is 0.312. The summed E-state index contributed by atoms with van der Waals surface area (Å²) in [6.45, 7) is 6.61. The molecule has 0 unspecified atom stereocenters. The van der Waals surface area contributed by atoms with E-state index in [1.807, 2.05) is 61.7 Å². The number of carbonyl (C=O) groups excluding carboxylic acids is 2. The van der Waals surface area contributed by atoms with Crippen LogP contribution in [-0.2, 0) is 9.59 Å². The smallest absolute Gasteiger partial charge is 0.271 e. The number of hydrogen-bond acceptors (Lipinski definition) is 5. The first-order valence-electron chi connectivity index (χ1n) is 13.7. The van der Waals surface area contributed by atoms with Crippen molar-refractivity contribution >= 4 is 29.5 Å². The molecule has 1 aromatic heterocycles. The normalized spacial score (nSPS) is 14.7. The summed E-state index contributed by atoms with van der Waals surface area (Å²) in [4.78, 5) is 27.8. The first kappa shape index (κ1) is 28.8. The van der Waals surface area contributed by atoms with Crippen molar-refractivity contribution in [1.29, 1.82) is 5.26 Å². The maximum Gasteiger partial charge on any atom is 0.271 e. The van der Waals surface area contributed by atoms with Gasteiger partial charge in [-0.3, -0.25) is 14.5 Å². The van der Waals surface area contributed by atoms with Gasteiger partial charge in [0.15, 0.2) is 0 Å². The molecule has 1 aliphatic rings. The Labute approximate surface area is 240 Å². The van der Waals surface area contributed by atoms with Crippen LogP contribution in [0.2, 0.25) is 5.02 Å². The van der Waals surface area contributed by atoms with E-state index in [0.717, 1.165) is 36.9 Å². The van der Waals surface area contributed by atoms with E-state index in [0.29, 0.717) is 46.2 Å². The maximum absolute atomic E-state index is 13.6. The highest BCUT2D eigenvalue weighted by Gasteiger charge is 2.35. The lowest BCUT2D eigenvalue weighted by Crippen LogP contribution is -2.43. The number of hydrogen-bond donors (Lipinski definition) is 0. The standard InChI is InChI=1S/C32H33ClN4O3/c1-4-6-7-11-16-36-31(38)26(22(3)27(20-34)32(36)39)18-24-21-37(25-12-9-8-10-13-25)35-30(24)23-14-15-29(28(33)19-23)40-17-5-2/h8-10,12-15,18-19,21H,4-7,11,16-17H2,1-3H3/b26-18+. The summed E-state index contributed by atoms with van der Waals surface area (Å²) < 4.78 is 7.47. The molecule has 0 bridgehead atoms. The van der Waals surface area contributed by atoms with Gasteiger partial charge >= 0.3 is 0 Å². The number of ether oxygens (including phenoxy) is 1. The Bertz CT molecular complexity index is 1500. The summed E-state index contributed by atoms with van der Waals surface area (Å²) in [6.07, 6.45) is 8.08. The van der Waals surface area contributed by atoms with E-state index in [1.165, 1.54) is 4.90 Å². The molecule has 0 fully saturated rings. The van der Waals surface area contributed by atoms with E-state index in [-0.39, 0.29) is 12.1 Å². The molecule has 40 heavy (non-hydrogen) atoms. The molecule has 0 saturated heterocycles. The van der Waals surface area contributed by atoms with Crippen LogP contribution in [0, 0.1) is 11.3 Å². The Morgan fingerprint density at radius 2 is 1.80 bits per heavy atom. The predicted octanol–water partition coefficient (Wildman–Crippen LogP) is 7.15. The fourth-order valence-corrected chi connectivity index (χ4v) is 4.83. The topological polar surface area (TPSA) is 88.2 Å². The van der Waals surface area contributed by atoms with E-state index in [2.05, 4.69) is 6.92 Å². The number of amides is 2. The second-order valence-corrected chi connectivity index (χ2v) is 10.1. The van der Waals surface area contributed by atoms with Crippen LogP contribution in [0.3, 0.4) is 0 Å². The molecule has 1 aliphatic heterocycles. The fourth-order valence-electron chi connectivity index (χ4n) is 4.59. The lowest BCUT2D eigenvalue weighted by Gasteiger charge is -2.27. The third-order valence-electron chi connectivity index (χ3n) is 6.79. The van der Waals surface area contributed by atoms with Crippen molar-refractivity contribution in [2.24, 2.45) is 0 Å². The summed E-state index contributed by atoms with van der Waals surface area (Å²) in [7, 11) is 0. The molecule has 0 aliphatic carbocycles. The number of halogens is 1. The van der Waals surface area contributed by atoms with Crippen LogP contribution in [0.1, 0.15) is 58.4 Å². The molecule has 3 aromatic rings.